The van der Waals surface area contributed by atoms with Gasteiger partial charge in [0.15, 0.2) is 6.10 Å². The largest absolute Gasteiger partial charge is 0.492 e. The van der Waals surface area contributed by atoms with Crippen molar-refractivity contribution < 1.29 is 19.0 Å². The molecule has 2 rings (SSSR count). The first-order chi connectivity index (χ1) is 10.2. The van der Waals surface area contributed by atoms with Gasteiger partial charge in [0, 0.05) is 6.07 Å². The van der Waals surface area contributed by atoms with Crippen molar-refractivity contribution in [2.45, 2.75) is 6.10 Å². The summed E-state index contributed by atoms with van der Waals surface area (Å²) in [6.45, 7) is 0.413. The second-order valence-electron chi connectivity index (χ2n) is 4.41. The summed E-state index contributed by atoms with van der Waals surface area (Å²) in [4.78, 5) is 11.7. The number of carbonyl (C=O) groups excluding carboxylic acids is 1. The van der Waals surface area contributed by atoms with Gasteiger partial charge in [0.25, 0.3) is 5.91 Å². The molecule has 2 aromatic carbocycles. The SMILES string of the molecule is O=C(NCCOc1cccc(F)c1)C(O)c1ccccc1. The summed E-state index contributed by atoms with van der Waals surface area (Å²) in [5, 5.41) is 12.4. The van der Waals surface area contributed by atoms with Gasteiger partial charge in [-0.15, -0.1) is 0 Å². The number of hydrogen-bond donors (Lipinski definition) is 2. The Hall–Kier alpha value is -2.40. The highest BCUT2D eigenvalue weighted by molar-refractivity contribution is 5.81. The number of rotatable bonds is 6. The molecule has 0 bridgehead atoms. The molecule has 0 saturated heterocycles. The van der Waals surface area contributed by atoms with E-state index < -0.39 is 12.0 Å². The summed E-state index contributed by atoms with van der Waals surface area (Å²) >= 11 is 0. The predicted molar refractivity (Wildman–Crippen MR) is 76.3 cm³/mol. The highest BCUT2D eigenvalue weighted by Crippen LogP contribution is 2.12. The lowest BCUT2D eigenvalue weighted by molar-refractivity contribution is -0.129. The summed E-state index contributed by atoms with van der Waals surface area (Å²) in [5.41, 5.74) is 0.529. The third-order valence-electron chi connectivity index (χ3n) is 2.83. The quantitative estimate of drug-likeness (QED) is 0.800. The van der Waals surface area contributed by atoms with Crippen LogP contribution in [0.4, 0.5) is 4.39 Å². The van der Waals surface area contributed by atoms with Crippen LogP contribution in [0.15, 0.2) is 54.6 Å². The molecule has 0 aromatic heterocycles. The van der Waals surface area contributed by atoms with Gasteiger partial charge in [-0.1, -0.05) is 36.4 Å². The highest BCUT2D eigenvalue weighted by atomic mass is 19.1. The molecule has 0 radical (unpaired) electrons. The van der Waals surface area contributed by atoms with Crippen LogP contribution < -0.4 is 10.1 Å². The third kappa shape index (κ3) is 4.57. The second kappa shape index (κ2) is 7.40. The number of hydrogen-bond acceptors (Lipinski definition) is 3. The highest BCUT2D eigenvalue weighted by Gasteiger charge is 2.15. The number of amides is 1. The maximum atomic E-state index is 12.9. The Morgan fingerprint density at radius 1 is 1.19 bits per heavy atom. The van der Waals surface area contributed by atoms with Gasteiger partial charge < -0.3 is 15.2 Å². The van der Waals surface area contributed by atoms with E-state index >= 15 is 0 Å². The van der Waals surface area contributed by atoms with Gasteiger partial charge in [-0.3, -0.25) is 4.79 Å². The van der Waals surface area contributed by atoms with E-state index in [-0.39, 0.29) is 19.0 Å². The second-order valence-corrected chi connectivity index (χ2v) is 4.41. The Balaban J connectivity index is 1.74. The number of aliphatic hydroxyl groups is 1. The van der Waals surface area contributed by atoms with Crippen molar-refractivity contribution in [1.82, 2.24) is 5.32 Å². The Labute approximate surface area is 122 Å². The van der Waals surface area contributed by atoms with E-state index in [1.807, 2.05) is 0 Å². The van der Waals surface area contributed by atoms with Crippen molar-refractivity contribution in [3.05, 3.63) is 66.0 Å². The van der Waals surface area contributed by atoms with Gasteiger partial charge in [-0.25, -0.2) is 4.39 Å². The van der Waals surface area contributed by atoms with Crippen LogP contribution in [0.5, 0.6) is 5.75 Å². The topological polar surface area (TPSA) is 58.6 Å². The van der Waals surface area contributed by atoms with Crippen LogP contribution in [-0.4, -0.2) is 24.2 Å². The van der Waals surface area contributed by atoms with E-state index in [9.17, 15) is 14.3 Å². The normalized spacial score (nSPS) is 11.7. The minimum Gasteiger partial charge on any atom is -0.492 e. The van der Waals surface area contributed by atoms with Crippen LogP contribution in [0.3, 0.4) is 0 Å². The van der Waals surface area contributed by atoms with Crippen molar-refractivity contribution in [3.63, 3.8) is 0 Å². The Bertz CT molecular complexity index is 589. The molecular formula is C16H16FNO3. The van der Waals surface area contributed by atoms with Gasteiger partial charge in [0.1, 0.15) is 18.2 Å². The number of aliphatic hydroxyl groups excluding tert-OH is 1. The van der Waals surface area contributed by atoms with Gasteiger partial charge in [0.2, 0.25) is 0 Å². The molecule has 2 N–H and O–H groups in total. The number of ether oxygens (including phenoxy) is 1. The molecule has 0 saturated carbocycles. The Morgan fingerprint density at radius 2 is 1.95 bits per heavy atom. The first kappa shape index (κ1) is 15.0. The van der Waals surface area contributed by atoms with Gasteiger partial charge >= 0.3 is 0 Å². The molecule has 0 aliphatic rings. The number of benzene rings is 2. The third-order valence-corrected chi connectivity index (χ3v) is 2.83. The molecule has 0 spiro atoms. The minimum atomic E-state index is -1.21. The number of carbonyl (C=O) groups is 1. The van der Waals surface area contributed by atoms with E-state index in [4.69, 9.17) is 4.74 Å². The molecule has 5 heteroatoms. The molecule has 0 aliphatic carbocycles. The molecule has 1 atom stereocenters. The number of nitrogens with one attached hydrogen (secondary N) is 1. The van der Waals surface area contributed by atoms with E-state index in [0.29, 0.717) is 11.3 Å². The van der Waals surface area contributed by atoms with Crippen LogP contribution in [0.1, 0.15) is 11.7 Å². The maximum Gasteiger partial charge on any atom is 0.253 e. The molecule has 21 heavy (non-hydrogen) atoms. The first-order valence-corrected chi connectivity index (χ1v) is 6.56. The average molecular weight is 289 g/mol. The van der Waals surface area contributed by atoms with E-state index in [0.717, 1.165) is 0 Å². The fourth-order valence-electron chi connectivity index (χ4n) is 1.78. The number of halogens is 1. The minimum absolute atomic E-state index is 0.191. The average Bonchev–Trinajstić information content (AvgIpc) is 2.51. The molecule has 0 heterocycles. The lowest BCUT2D eigenvalue weighted by Crippen LogP contribution is -2.32. The smallest absolute Gasteiger partial charge is 0.253 e. The van der Waals surface area contributed by atoms with Crippen molar-refractivity contribution in [1.29, 1.82) is 0 Å². The lowest BCUT2D eigenvalue weighted by Gasteiger charge is -2.12. The van der Waals surface area contributed by atoms with E-state index in [1.54, 1.807) is 42.5 Å². The monoisotopic (exact) mass is 289 g/mol. The van der Waals surface area contributed by atoms with Crippen LogP contribution in [0.25, 0.3) is 0 Å². The molecule has 1 amide bonds. The lowest BCUT2D eigenvalue weighted by atomic mass is 10.1. The fraction of sp³-hybridized carbons (Fsp3) is 0.188. The Morgan fingerprint density at radius 3 is 2.67 bits per heavy atom. The molecular weight excluding hydrogens is 273 g/mol. The van der Waals surface area contributed by atoms with Crippen LogP contribution in [0, 0.1) is 5.82 Å². The summed E-state index contributed by atoms with van der Waals surface area (Å²) in [6.07, 6.45) is -1.21. The van der Waals surface area contributed by atoms with Gasteiger partial charge in [-0.05, 0) is 17.7 Å². The molecule has 2 aromatic rings. The summed E-state index contributed by atoms with van der Waals surface area (Å²) in [6, 6.07) is 14.4. The molecule has 110 valence electrons. The van der Waals surface area contributed by atoms with Crippen LogP contribution in [-0.2, 0) is 4.79 Å². The zero-order valence-electron chi connectivity index (χ0n) is 11.3. The standard InChI is InChI=1S/C16H16FNO3/c17-13-7-4-8-14(11-13)21-10-9-18-16(20)15(19)12-5-2-1-3-6-12/h1-8,11,15,19H,9-10H2,(H,18,20). The first-order valence-electron chi connectivity index (χ1n) is 6.56. The zero-order valence-corrected chi connectivity index (χ0v) is 11.3. The van der Waals surface area contributed by atoms with Crippen molar-refractivity contribution >= 4 is 5.91 Å². The summed E-state index contributed by atoms with van der Waals surface area (Å²) in [5.74, 6) is -0.479. The van der Waals surface area contributed by atoms with Crippen LogP contribution >= 0.6 is 0 Å². The molecule has 4 nitrogen and oxygen atoms in total. The Kier molecular flexibility index (Phi) is 5.29. The summed E-state index contributed by atoms with van der Waals surface area (Å²) < 4.78 is 18.2. The molecule has 0 aliphatic heterocycles. The van der Waals surface area contributed by atoms with Crippen LogP contribution in [0.2, 0.25) is 0 Å². The predicted octanol–water partition coefficient (Wildman–Crippen LogP) is 2.05. The van der Waals surface area contributed by atoms with Gasteiger partial charge in [-0.2, -0.15) is 0 Å². The van der Waals surface area contributed by atoms with Crippen molar-refractivity contribution in [2.75, 3.05) is 13.2 Å². The van der Waals surface area contributed by atoms with E-state index in [1.165, 1.54) is 12.1 Å². The van der Waals surface area contributed by atoms with Crippen molar-refractivity contribution in [3.8, 4) is 5.75 Å². The van der Waals surface area contributed by atoms with Gasteiger partial charge in [0.05, 0.1) is 6.54 Å². The zero-order chi connectivity index (χ0) is 15.1. The molecule has 0 fully saturated rings. The maximum absolute atomic E-state index is 12.9. The van der Waals surface area contributed by atoms with E-state index in [2.05, 4.69) is 5.32 Å². The fourth-order valence-corrected chi connectivity index (χ4v) is 1.78. The summed E-state index contributed by atoms with van der Waals surface area (Å²) in [7, 11) is 0. The molecule has 1 unspecified atom stereocenters. The van der Waals surface area contributed by atoms with Crippen molar-refractivity contribution in [2.24, 2.45) is 0 Å².